The average molecular weight is 347 g/mol. The van der Waals surface area contributed by atoms with Crippen molar-refractivity contribution in [2.45, 2.75) is 19.9 Å². The van der Waals surface area contributed by atoms with Crippen LogP contribution in [0, 0.1) is 5.92 Å². The van der Waals surface area contributed by atoms with E-state index in [1.54, 1.807) is 24.8 Å². The van der Waals surface area contributed by atoms with Crippen LogP contribution in [0.4, 0.5) is 5.82 Å². The van der Waals surface area contributed by atoms with Gasteiger partial charge in [-0.1, -0.05) is 19.0 Å². The van der Waals surface area contributed by atoms with E-state index in [1.165, 1.54) is 0 Å². The molecule has 0 bridgehead atoms. The number of anilines is 1. The van der Waals surface area contributed by atoms with E-state index >= 15 is 0 Å². The zero-order valence-corrected chi connectivity index (χ0v) is 14.4. The molecular weight excluding hydrogens is 330 g/mol. The van der Waals surface area contributed by atoms with Gasteiger partial charge in [-0.05, 0) is 30.2 Å². The van der Waals surface area contributed by atoms with Crippen LogP contribution in [0.2, 0.25) is 0 Å². The minimum atomic E-state index is -0.186. The summed E-state index contributed by atoms with van der Waals surface area (Å²) in [6, 6.07) is 7.29. The minimum Gasteiger partial charge on any atom is -0.358 e. The van der Waals surface area contributed by atoms with Crippen molar-refractivity contribution in [2.24, 2.45) is 5.92 Å². The summed E-state index contributed by atoms with van der Waals surface area (Å²) in [6.07, 6.45) is 6.68. The summed E-state index contributed by atoms with van der Waals surface area (Å²) in [4.78, 5) is 21.6. The molecule has 0 aliphatic carbocycles. The Bertz CT molecular complexity index is 1020. The first kappa shape index (κ1) is 16.1. The number of aromatic nitrogens is 6. The Morgan fingerprint density at radius 2 is 1.88 bits per heavy atom. The first-order valence-electron chi connectivity index (χ1n) is 8.29. The van der Waals surface area contributed by atoms with Crippen molar-refractivity contribution < 1.29 is 4.52 Å². The van der Waals surface area contributed by atoms with Crippen molar-refractivity contribution in [1.29, 1.82) is 0 Å². The van der Waals surface area contributed by atoms with Crippen LogP contribution in [0.15, 0.2) is 53.6 Å². The van der Waals surface area contributed by atoms with Crippen molar-refractivity contribution in [3.05, 3.63) is 54.9 Å². The summed E-state index contributed by atoms with van der Waals surface area (Å²) in [5, 5.41) is 7.43. The third-order valence-corrected chi connectivity index (χ3v) is 3.93. The second kappa shape index (κ2) is 6.83. The van der Waals surface area contributed by atoms with E-state index in [-0.39, 0.29) is 12.0 Å². The maximum absolute atomic E-state index is 5.50. The number of nitrogens with zero attached hydrogens (tertiary/aromatic N) is 6. The summed E-state index contributed by atoms with van der Waals surface area (Å²) < 4.78 is 5.50. The number of fused-ring (bicyclic) bond motifs is 1. The smallest absolute Gasteiger partial charge is 0.249 e. The van der Waals surface area contributed by atoms with Crippen LogP contribution in [-0.4, -0.2) is 30.1 Å². The van der Waals surface area contributed by atoms with Crippen molar-refractivity contribution >= 4 is 17.0 Å². The maximum Gasteiger partial charge on any atom is 0.249 e. The van der Waals surface area contributed by atoms with Crippen molar-refractivity contribution in [1.82, 2.24) is 30.1 Å². The predicted octanol–water partition coefficient (Wildman–Crippen LogP) is 3.28. The SMILES string of the molecule is CC(C)C(Nc1ccc2nccnc2n1)c1nc(-c2cccnc2)no1. The summed E-state index contributed by atoms with van der Waals surface area (Å²) in [7, 11) is 0. The molecular formula is C18H17N7O. The van der Waals surface area contributed by atoms with Crippen molar-refractivity contribution in [3.63, 3.8) is 0 Å². The Hall–Kier alpha value is -3.42. The third-order valence-electron chi connectivity index (χ3n) is 3.93. The van der Waals surface area contributed by atoms with Gasteiger partial charge in [0.05, 0.1) is 0 Å². The Kier molecular flexibility index (Phi) is 4.22. The molecule has 0 saturated carbocycles. The highest BCUT2D eigenvalue weighted by molar-refractivity contribution is 5.71. The molecule has 0 aliphatic rings. The van der Waals surface area contributed by atoms with Gasteiger partial charge in [0.15, 0.2) is 5.65 Å². The van der Waals surface area contributed by atoms with Gasteiger partial charge in [0.1, 0.15) is 17.4 Å². The highest BCUT2D eigenvalue weighted by atomic mass is 16.5. The lowest BCUT2D eigenvalue weighted by atomic mass is 10.0. The number of pyridine rings is 2. The predicted molar refractivity (Wildman–Crippen MR) is 96.1 cm³/mol. The van der Waals surface area contributed by atoms with Crippen LogP contribution in [0.1, 0.15) is 25.8 Å². The molecule has 0 fully saturated rings. The quantitative estimate of drug-likeness (QED) is 0.587. The molecule has 4 heterocycles. The second-order valence-electron chi connectivity index (χ2n) is 6.16. The Balaban J connectivity index is 1.62. The largest absolute Gasteiger partial charge is 0.358 e. The molecule has 0 amide bonds. The van der Waals surface area contributed by atoms with E-state index in [2.05, 4.69) is 49.2 Å². The Labute approximate surface area is 149 Å². The first-order chi connectivity index (χ1) is 12.7. The van der Waals surface area contributed by atoms with Crippen LogP contribution >= 0.6 is 0 Å². The van der Waals surface area contributed by atoms with Crippen LogP contribution < -0.4 is 5.32 Å². The van der Waals surface area contributed by atoms with Crippen LogP contribution in [0.5, 0.6) is 0 Å². The van der Waals surface area contributed by atoms with E-state index in [0.717, 1.165) is 11.1 Å². The van der Waals surface area contributed by atoms with Crippen molar-refractivity contribution in [2.75, 3.05) is 5.32 Å². The minimum absolute atomic E-state index is 0.186. The van der Waals surface area contributed by atoms with Gasteiger partial charge in [-0.3, -0.25) is 9.97 Å². The van der Waals surface area contributed by atoms with Gasteiger partial charge in [-0.2, -0.15) is 4.98 Å². The molecule has 8 heteroatoms. The van der Waals surface area contributed by atoms with Gasteiger partial charge in [-0.25, -0.2) is 9.97 Å². The maximum atomic E-state index is 5.50. The second-order valence-corrected chi connectivity index (χ2v) is 6.16. The van der Waals surface area contributed by atoms with E-state index < -0.39 is 0 Å². The number of rotatable bonds is 5. The molecule has 1 N–H and O–H groups in total. The zero-order chi connectivity index (χ0) is 17.9. The summed E-state index contributed by atoms with van der Waals surface area (Å²) in [5.74, 6) is 1.90. The van der Waals surface area contributed by atoms with Gasteiger partial charge >= 0.3 is 0 Å². The van der Waals surface area contributed by atoms with Crippen molar-refractivity contribution in [3.8, 4) is 11.4 Å². The monoisotopic (exact) mass is 347 g/mol. The van der Waals surface area contributed by atoms with Gasteiger partial charge < -0.3 is 9.84 Å². The molecule has 1 atom stereocenters. The Morgan fingerprint density at radius 1 is 1.00 bits per heavy atom. The Morgan fingerprint density at radius 3 is 2.69 bits per heavy atom. The molecule has 0 aromatic carbocycles. The summed E-state index contributed by atoms with van der Waals surface area (Å²) in [5.41, 5.74) is 2.14. The lowest BCUT2D eigenvalue weighted by Gasteiger charge is -2.19. The molecule has 130 valence electrons. The molecule has 8 nitrogen and oxygen atoms in total. The molecule has 26 heavy (non-hydrogen) atoms. The van der Waals surface area contributed by atoms with Gasteiger partial charge in [0.25, 0.3) is 0 Å². The molecule has 0 spiro atoms. The van der Waals surface area contributed by atoms with Gasteiger partial charge in [0.2, 0.25) is 11.7 Å². The summed E-state index contributed by atoms with van der Waals surface area (Å²) in [6.45, 7) is 4.15. The number of nitrogens with one attached hydrogen (secondary N) is 1. The van der Waals surface area contributed by atoms with E-state index in [4.69, 9.17) is 4.52 Å². The standard InChI is InChI=1S/C18H17N7O/c1-11(2)15(18-24-16(25-26-18)12-4-3-7-19-10-12)22-14-6-5-13-17(23-14)21-9-8-20-13/h3-11,15H,1-2H3,(H,21,22,23). The van der Waals surface area contributed by atoms with Gasteiger partial charge in [-0.15, -0.1) is 0 Å². The van der Waals surface area contributed by atoms with Crippen LogP contribution in [0.3, 0.4) is 0 Å². The molecule has 0 aliphatic heterocycles. The molecule has 0 saturated heterocycles. The topological polar surface area (TPSA) is 103 Å². The van der Waals surface area contributed by atoms with Gasteiger partial charge in [0, 0.05) is 30.4 Å². The van der Waals surface area contributed by atoms with E-state index in [9.17, 15) is 0 Å². The highest BCUT2D eigenvalue weighted by Gasteiger charge is 2.23. The fraction of sp³-hybridized carbons (Fsp3) is 0.222. The lowest BCUT2D eigenvalue weighted by Crippen LogP contribution is -2.18. The molecule has 0 radical (unpaired) electrons. The summed E-state index contributed by atoms with van der Waals surface area (Å²) >= 11 is 0. The fourth-order valence-corrected chi connectivity index (χ4v) is 2.58. The molecule has 4 aromatic rings. The lowest BCUT2D eigenvalue weighted by molar-refractivity contribution is 0.335. The number of hydrogen-bond acceptors (Lipinski definition) is 8. The van der Waals surface area contributed by atoms with E-state index in [0.29, 0.717) is 23.2 Å². The third kappa shape index (κ3) is 3.21. The number of hydrogen-bond donors (Lipinski definition) is 1. The molecule has 4 rings (SSSR count). The first-order valence-corrected chi connectivity index (χ1v) is 8.29. The average Bonchev–Trinajstić information content (AvgIpc) is 3.16. The van der Waals surface area contributed by atoms with Crippen LogP contribution in [0.25, 0.3) is 22.6 Å². The fourth-order valence-electron chi connectivity index (χ4n) is 2.58. The van der Waals surface area contributed by atoms with E-state index in [1.807, 2.05) is 24.3 Å². The molecule has 4 aromatic heterocycles. The zero-order valence-electron chi connectivity index (χ0n) is 14.4. The molecule has 1 unspecified atom stereocenters. The normalized spacial score (nSPS) is 12.4. The van der Waals surface area contributed by atoms with Crippen LogP contribution in [-0.2, 0) is 0 Å². The highest BCUT2D eigenvalue weighted by Crippen LogP contribution is 2.27.